The fourth-order valence-electron chi connectivity index (χ4n) is 1.61. The highest BCUT2D eigenvalue weighted by Gasteiger charge is 2.08. The van der Waals surface area contributed by atoms with Gasteiger partial charge in [-0.25, -0.2) is 0 Å². The van der Waals surface area contributed by atoms with Crippen molar-refractivity contribution < 1.29 is 0 Å². The smallest absolute Gasteiger partial charge is 0.0692 e. The maximum absolute atomic E-state index is 6.22. The second kappa shape index (κ2) is 3.84. The van der Waals surface area contributed by atoms with Crippen LogP contribution in [0.15, 0.2) is 18.2 Å². The highest BCUT2D eigenvalue weighted by Crippen LogP contribution is 2.30. The molecular formula is C11H11Cl2N. The van der Waals surface area contributed by atoms with Crippen LogP contribution in [0, 0.1) is 0 Å². The molecule has 3 heteroatoms. The van der Waals surface area contributed by atoms with Crippen LogP contribution >= 0.6 is 23.2 Å². The third-order valence-electron chi connectivity index (χ3n) is 2.27. The first-order chi connectivity index (χ1) is 6.72. The fraction of sp³-hybridized carbons (Fsp3) is 0.273. The zero-order chi connectivity index (χ0) is 10.1. The molecule has 0 radical (unpaired) electrons. The average molecular weight is 228 g/mol. The molecule has 0 amide bonds. The molecular weight excluding hydrogens is 217 g/mol. The van der Waals surface area contributed by atoms with E-state index in [1.807, 2.05) is 18.2 Å². The summed E-state index contributed by atoms with van der Waals surface area (Å²) in [5.41, 5.74) is 2.16. The Kier molecular flexibility index (Phi) is 2.71. The van der Waals surface area contributed by atoms with E-state index < -0.39 is 0 Å². The Balaban J connectivity index is 2.62. The predicted molar refractivity (Wildman–Crippen MR) is 62.3 cm³/mol. The molecule has 0 spiro atoms. The lowest BCUT2D eigenvalue weighted by Gasteiger charge is -1.93. The number of H-pyrrole nitrogens is 1. The quantitative estimate of drug-likeness (QED) is 0.782. The zero-order valence-corrected chi connectivity index (χ0v) is 9.41. The van der Waals surface area contributed by atoms with Gasteiger partial charge >= 0.3 is 0 Å². The number of aromatic amines is 1. The van der Waals surface area contributed by atoms with Crippen molar-refractivity contribution >= 4 is 34.1 Å². The van der Waals surface area contributed by atoms with E-state index in [1.54, 1.807) is 0 Å². The summed E-state index contributed by atoms with van der Waals surface area (Å²) < 4.78 is 0. The number of hydrogen-bond acceptors (Lipinski definition) is 0. The van der Waals surface area contributed by atoms with Crippen molar-refractivity contribution in [3.63, 3.8) is 0 Å². The van der Waals surface area contributed by atoms with E-state index in [-0.39, 0.29) is 0 Å². The van der Waals surface area contributed by atoms with Gasteiger partial charge in [-0.15, -0.1) is 0 Å². The third-order valence-corrected chi connectivity index (χ3v) is 2.94. The van der Waals surface area contributed by atoms with Gasteiger partial charge in [0.25, 0.3) is 0 Å². The first kappa shape index (κ1) is 9.88. The monoisotopic (exact) mass is 227 g/mol. The lowest BCUT2D eigenvalue weighted by atomic mass is 10.2. The minimum Gasteiger partial charge on any atom is -0.357 e. The number of fused-ring (bicyclic) bond motifs is 1. The van der Waals surface area contributed by atoms with Crippen molar-refractivity contribution in [3.8, 4) is 0 Å². The lowest BCUT2D eigenvalue weighted by Crippen LogP contribution is -1.81. The summed E-state index contributed by atoms with van der Waals surface area (Å²) in [7, 11) is 0. The minimum atomic E-state index is 0.724. The number of benzene rings is 1. The van der Waals surface area contributed by atoms with Gasteiger partial charge in [0, 0.05) is 21.6 Å². The minimum absolute atomic E-state index is 0.724. The summed E-state index contributed by atoms with van der Waals surface area (Å²) in [4.78, 5) is 3.30. The van der Waals surface area contributed by atoms with Crippen LogP contribution in [0.1, 0.15) is 19.0 Å². The van der Waals surface area contributed by atoms with Crippen LogP contribution < -0.4 is 0 Å². The molecule has 1 aromatic carbocycles. The number of rotatable bonds is 2. The summed E-state index contributed by atoms with van der Waals surface area (Å²) in [6.45, 7) is 2.13. The highest BCUT2D eigenvalue weighted by atomic mass is 35.5. The van der Waals surface area contributed by atoms with Crippen molar-refractivity contribution in [2.24, 2.45) is 0 Å². The predicted octanol–water partition coefficient (Wildman–Crippen LogP) is 4.43. The molecule has 14 heavy (non-hydrogen) atoms. The number of aromatic nitrogens is 1. The normalized spacial score (nSPS) is 11.1. The SMILES string of the molecule is CCCc1[nH]c2ccc(Cl)cc2c1Cl. The number of aryl methyl sites for hydroxylation is 1. The van der Waals surface area contributed by atoms with E-state index in [0.29, 0.717) is 0 Å². The van der Waals surface area contributed by atoms with Crippen LogP contribution in [-0.2, 0) is 6.42 Å². The Morgan fingerprint density at radius 2 is 2.07 bits per heavy atom. The lowest BCUT2D eigenvalue weighted by molar-refractivity contribution is 0.896. The number of hydrogen-bond donors (Lipinski definition) is 1. The molecule has 1 nitrogen and oxygen atoms in total. The number of nitrogens with one attached hydrogen (secondary N) is 1. The molecule has 0 aliphatic heterocycles. The first-order valence-corrected chi connectivity index (χ1v) is 5.43. The Bertz CT molecular complexity index is 460. The summed E-state index contributed by atoms with van der Waals surface area (Å²) in [6, 6.07) is 5.73. The Labute approximate surface area is 93.0 Å². The Morgan fingerprint density at radius 3 is 2.79 bits per heavy atom. The second-order valence-electron chi connectivity index (χ2n) is 3.36. The molecule has 1 N–H and O–H groups in total. The molecule has 2 rings (SSSR count). The van der Waals surface area contributed by atoms with Gasteiger partial charge in [-0.1, -0.05) is 36.5 Å². The molecule has 0 fully saturated rings. The van der Waals surface area contributed by atoms with Crippen molar-refractivity contribution in [1.29, 1.82) is 0 Å². The molecule has 0 saturated heterocycles. The largest absolute Gasteiger partial charge is 0.357 e. The van der Waals surface area contributed by atoms with Crippen molar-refractivity contribution in [2.75, 3.05) is 0 Å². The van der Waals surface area contributed by atoms with Gasteiger partial charge < -0.3 is 4.98 Å². The molecule has 2 aromatic rings. The van der Waals surface area contributed by atoms with Gasteiger partial charge in [0.05, 0.1) is 5.02 Å². The molecule has 0 aliphatic carbocycles. The van der Waals surface area contributed by atoms with Gasteiger partial charge in [-0.2, -0.15) is 0 Å². The molecule has 0 saturated carbocycles. The van der Waals surface area contributed by atoms with Gasteiger partial charge in [0.1, 0.15) is 0 Å². The van der Waals surface area contributed by atoms with Crippen molar-refractivity contribution in [2.45, 2.75) is 19.8 Å². The number of halogens is 2. The van der Waals surface area contributed by atoms with E-state index in [4.69, 9.17) is 23.2 Å². The summed E-state index contributed by atoms with van der Waals surface area (Å²) >= 11 is 12.1. The third kappa shape index (κ3) is 1.62. The molecule has 1 heterocycles. The van der Waals surface area contributed by atoms with Gasteiger partial charge in [-0.05, 0) is 24.6 Å². The second-order valence-corrected chi connectivity index (χ2v) is 4.17. The van der Waals surface area contributed by atoms with Crippen LogP contribution in [0.5, 0.6) is 0 Å². The van der Waals surface area contributed by atoms with E-state index in [0.717, 1.165) is 39.5 Å². The fourth-order valence-corrected chi connectivity index (χ4v) is 2.08. The highest BCUT2D eigenvalue weighted by molar-refractivity contribution is 6.37. The first-order valence-electron chi connectivity index (χ1n) is 4.68. The molecule has 0 aliphatic rings. The van der Waals surface area contributed by atoms with Gasteiger partial charge in [0.2, 0.25) is 0 Å². The van der Waals surface area contributed by atoms with Crippen LogP contribution in [0.25, 0.3) is 10.9 Å². The topological polar surface area (TPSA) is 15.8 Å². The van der Waals surface area contributed by atoms with E-state index in [2.05, 4.69) is 11.9 Å². The molecule has 0 bridgehead atoms. The summed E-state index contributed by atoms with van der Waals surface area (Å²) in [5.74, 6) is 0. The van der Waals surface area contributed by atoms with E-state index in [9.17, 15) is 0 Å². The average Bonchev–Trinajstić information content (AvgIpc) is 2.46. The standard InChI is InChI=1S/C11H11Cl2N/c1-2-3-10-11(13)8-6-7(12)4-5-9(8)14-10/h4-6,14H,2-3H2,1H3. The van der Waals surface area contributed by atoms with Crippen LogP contribution in [0.2, 0.25) is 10.0 Å². The van der Waals surface area contributed by atoms with Crippen molar-refractivity contribution in [3.05, 3.63) is 33.9 Å². The van der Waals surface area contributed by atoms with E-state index in [1.165, 1.54) is 0 Å². The Hall–Kier alpha value is -0.660. The van der Waals surface area contributed by atoms with Crippen LogP contribution in [-0.4, -0.2) is 4.98 Å². The van der Waals surface area contributed by atoms with E-state index >= 15 is 0 Å². The van der Waals surface area contributed by atoms with Gasteiger partial charge in [0.15, 0.2) is 0 Å². The maximum atomic E-state index is 6.22. The van der Waals surface area contributed by atoms with Crippen molar-refractivity contribution in [1.82, 2.24) is 4.98 Å². The van der Waals surface area contributed by atoms with Gasteiger partial charge in [-0.3, -0.25) is 0 Å². The maximum Gasteiger partial charge on any atom is 0.0692 e. The molecule has 1 aromatic heterocycles. The molecule has 74 valence electrons. The van der Waals surface area contributed by atoms with Crippen LogP contribution in [0.4, 0.5) is 0 Å². The molecule has 0 unspecified atom stereocenters. The zero-order valence-electron chi connectivity index (χ0n) is 7.90. The molecule has 0 atom stereocenters. The summed E-state index contributed by atoms with van der Waals surface area (Å²) in [6.07, 6.45) is 2.06. The Morgan fingerprint density at radius 1 is 1.29 bits per heavy atom. The summed E-state index contributed by atoms with van der Waals surface area (Å²) in [5, 5.41) is 2.55. The van der Waals surface area contributed by atoms with Crippen LogP contribution in [0.3, 0.4) is 0 Å².